The Bertz CT molecular complexity index is 608. The maximum atomic E-state index is 12.7. The first-order valence-corrected chi connectivity index (χ1v) is 10.3. The van der Waals surface area contributed by atoms with Crippen LogP contribution in [0.5, 0.6) is 0 Å². The molecule has 134 valence electrons. The molecule has 8 unspecified atom stereocenters. The molecular formula is C20H30O3S. The summed E-state index contributed by atoms with van der Waals surface area (Å²) in [6, 6.07) is 0. The van der Waals surface area contributed by atoms with Gasteiger partial charge in [-0.25, -0.2) is 0 Å². The topological polar surface area (TPSA) is 35.5 Å². The molecule has 0 amide bonds. The van der Waals surface area contributed by atoms with Gasteiger partial charge in [0, 0.05) is 42.5 Å². The second-order valence-electron chi connectivity index (χ2n) is 9.72. The highest BCUT2D eigenvalue weighted by molar-refractivity contribution is 7.81. The molecule has 4 aliphatic carbocycles. The van der Waals surface area contributed by atoms with Crippen LogP contribution in [0.3, 0.4) is 0 Å². The quantitative estimate of drug-likeness (QED) is 0.726. The van der Waals surface area contributed by atoms with E-state index in [4.69, 9.17) is 22.1 Å². The number of ether oxygens (including phenoxy) is 2. The Kier molecular flexibility index (Phi) is 3.10. The van der Waals surface area contributed by atoms with Crippen LogP contribution >= 0.6 is 12.6 Å². The molecule has 6 rings (SSSR count). The molecule has 2 saturated heterocycles. The van der Waals surface area contributed by atoms with E-state index in [1.165, 1.54) is 19.3 Å². The van der Waals surface area contributed by atoms with Crippen molar-refractivity contribution in [2.45, 2.75) is 81.9 Å². The molecule has 0 aromatic carbocycles. The molecule has 2 heterocycles. The molecule has 4 saturated carbocycles. The van der Waals surface area contributed by atoms with Crippen molar-refractivity contribution in [2.75, 3.05) is 7.11 Å². The lowest BCUT2D eigenvalue weighted by molar-refractivity contribution is -0.419. The van der Waals surface area contributed by atoms with E-state index < -0.39 is 5.79 Å². The van der Waals surface area contributed by atoms with E-state index in [2.05, 4.69) is 13.8 Å². The zero-order valence-corrected chi connectivity index (χ0v) is 16.0. The monoisotopic (exact) mass is 350 g/mol. The predicted molar refractivity (Wildman–Crippen MR) is 95.0 cm³/mol. The number of hydrogen-bond acceptors (Lipinski definition) is 4. The van der Waals surface area contributed by atoms with Gasteiger partial charge in [0.1, 0.15) is 5.78 Å². The van der Waals surface area contributed by atoms with Gasteiger partial charge in [-0.15, -0.1) is 0 Å². The SMILES string of the molecule is COC12CCC3(C)C(CCC4C5CCC(=O)C5(C)CC(S)C43O1)C2. The van der Waals surface area contributed by atoms with Crippen molar-refractivity contribution < 1.29 is 14.3 Å². The first-order chi connectivity index (χ1) is 11.3. The second kappa shape index (κ2) is 4.61. The smallest absolute Gasteiger partial charge is 0.169 e. The normalized spacial score (nSPS) is 61.6. The molecule has 3 nitrogen and oxygen atoms in total. The zero-order valence-electron chi connectivity index (χ0n) is 15.1. The van der Waals surface area contributed by atoms with Crippen molar-refractivity contribution in [2.24, 2.45) is 28.6 Å². The van der Waals surface area contributed by atoms with Crippen LogP contribution < -0.4 is 0 Å². The number of methoxy groups -OCH3 is 1. The highest BCUT2D eigenvalue weighted by atomic mass is 32.1. The van der Waals surface area contributed by atoms with E-state index in [0.717, 1.165) is 32.1 Å². The average Bonchev–Trinajstić information content (AvgIpc) is 2.83. The number of ketones is 1. The first-order valence-electron chi connectivity index (χ1n) is 9.78. The third-order valence-corrected chi connectivity index (χ3v) is 9.78. The number of Topliss-reactive ketones (excluding diaryl/α,β-unsaturated/α-hetero) is 1. The van der Waals surface area contributed by atoms with Crippen molar-refractivity contribution in [3.05, 3.63) is 0 Å². The van der Waals surface area contributed by atoms with Crippen molar-refractivity contribution >= 4 is 18.4 Å². The van der Waals surface area contributed by atoms with Gasteiger partial charge in [0.15, 0.2) is 5.79 Å². The standard InChI is InChI=1S/C20H30O3S/c1-17-11-16(24)20-14(13(17)6-7-15(17)21)5-4-12-10-19(22-3,23-20)9-8-18(12,20)2/h12-14,16,24H,4-11H2,1-3H3. The average molecular weight is 351 g/mol. The van der Waals surface area contributed by atoms with E-state index in [1.807, 2.05) is 7.11 Å². The van der Waals surface area contributed by atoms with Crippen molar-refractivity contribution in [1.82, 2.24) is 0 Å². The molecule has 0 aromatic rings. The van der Waals surface area contributed by atoms with Crippen LogP contribution in [-0.2, 0) is 14.3 Å². The summed E-state index contributed by atoms with van der Waals surface area (Å²) < 4.78 is 13.0. The number of hydrogen-bond donors (Lipinski definition) is 1. The molecule has 0 N–H and O–H groups in total. The molecular weight excluding hydrogens is 320 g/mol. The highest BCUT2D eigenvalue weighted by Gasteiger charge is 2.76. The van der Waals surface area contributed by atoms with Gasteiger partial charge in [0.05, 0.1) is 5.60 Å². The molecule has 6 fully saturated rings. The minimum absolute atomic E-state index is 0.133. The van der Waals surface area contributed by atoms with Crippen molar-refractivity contribution in [1.29, 1.82) is 0 Å². The van der Waals surface area contributed by atoms with Gasteiger partial charge in [-0.2, -0.15) is 12.6 Å². The largest absolute Gasteiger partial charge is 0.353 e. The lowest BCUT2D eigenvalue weighted by Gasteiger charge is -2.74. The fourth-order valence-corrected chi connectivity index (χ4v) is 8.81. The summed E-state index contributed by atoms with van der Waals surface area (Å²) in [6.45, 7) is 4.68. The van der Waals surface area contributed by atoms with Gasteiger partial charge in [-0.1, -0.05) is 13.8 Å². The van der Waals surface area contributed by atoms with E-state index in [-0.39, 0.29) is 21.7 Å². The summed E-state index contributed by atoms with van der Waals surface area (Å²) in [5, 5.41) is 0.133. The fourth-order valence-electron chi connectivity index (χ4n) is 7.89. The second-order valence-corrected chi connectivity index (χ2v) is 10.3. The zero-order chi connectivity index (χ0) is 17.0. The van der Waals surface area contributed by atoms with Crippen LogP contribution in [0.25, 0.3) is 0 Å². The van der Waals surface area contributed by atoms with Crippen LogP contribution in [0.15, 0.2) is 0 Å². The lowest BCUT2D eigenvalue weighted by atomic mass is 9.40. The molecule has 4 bridgehead atoms. The van der Waals surface area contributed by atoms with Gasteiger partial charge >= 0.3 is 0 Å². The highest BCUT2D eigenvalue weighted by Crippen LogP contribution is 2.74. The first kappa shape index (κ1) is 16.1. The minimum Gasteiger partial charge on any atom is -0.353 e. The summed E-state index contributed by atoms with van der Waals surface area (Å²) in [6.07, 6.45) is 8.36. The molecule has 0 radical (unpaired) electrons. The minimum atomic E-state index is -0.404. The predicted octanol–water partition coefficient (Wildman–Crippen LogP) is 4.00. The Hall–Kier alpha value is -0.0600. The number of carbonyl (C=O) groups is 1. The van der Waals surface area contributed by atoms with Crippen LogP contribution in [-0.4, -0.2) is 29.5 Å². The summed E-state index contributed by atoms with van der Waals surface area (Å²) in [5.74, 6) is 1.67. The lowest BCUT2D eigenvalue weighted by Crippen LogP contribution is -2.78. The Balaban J connectivity index is 1.67. The Morgan fingerprint density at radius 3 is 2.67 bits per heavy atom. The molecule has 2 aliphatic heterocycles. The molecule has 1 spiro atoms. The van der Waals surface area contributed by atoms with E-state index in [1.54, 1.807) is 0 Å². The van der Waals surface area contributed by atoms with Crippen LogP contribution in [0, 0.1) is 28.6 Å². The Morgan fingerprint density at radius 2 is 1.92 bits per heavy atom. The molecule has 4 heteroatoms. The molecule has 6 aliphatic rings. The number of carbonyl (C=O) groups excluding carboxylic acids is 1. The van der Waals surface area contributed by atoms with Crippen LogP contribution in [0.2, 0.25) is 0 Å². The van der Waals surface area contributed by atoms with E-state index in [9.17, 15) is 4.79 Å². The summed E-state index contributed by atoms with van der Waals surface area (Å²) in [7, 11) is 1.81. The van der Waals surface area contributed by atoms with Gasteiger partial charge in [-0.3, -0.25) is 4.79 Å². The van der Waals surface area contributed by atoms with Crippen molar-refractivity contribution in [3.63, 3.8) is 0 Å². The Labute approximate surface area is 150 Å². The van der Waals surface area contributed by atoms with Gasteiger partial charge in [0.2, 0.25) is 0 Å². The van der Waals surface area contributed by atoms with Gasteiger partial charge in [0.25, 0.3) is 0 Å². The van der Waals surface area contributed by atoms with Gasteiger partial charge in [-0.05, 0) is 49.9 Å². The third-order valence-electron chi connectivity index (χ3n) is 9.22. The summed E-state index contributed by atoms with van der Waals surface area (Å²) >= 11 is 5.13. The summed E-state index contributed by atoms with van der Waals surface area (Å²) in [4.78, 5) is 12.7. The molecule has 24 heavy (non-hydrogen) atoms. The van der Waals surface area contributed by atoms with E-state index in [0.29, 0.717) is 23.5 Å². The maximum Gasteiger partial charge on any atom is 0.169 e. The third kappa shape index (κ3) is 1.54. The summed E-state index contributed by atoms with van der Waals surface area (Å²) in [5.41, 5.74) is -0.193. The van der Waals surface area contributed by atoms with Crippen LogP contribution in [0.4, 0.5) is 0 Å². The number of thiol groups is 1. The Morgan fingerprint density at radius 1 is 1.12 bits per heavy atom. The van der Waals surface area contributed by atoms with Gasteiger partial charge < -0.3 is 9.47 Å². The molecule has 8 atom stereocenters. The maximum absolute atomic E-state index is 12.7. The van der Waals surface area contributed by atoms with Crippen LogP contribution in [0.1, 0.15) is 65.2 Å². The number of rotatable bonds is 1. The fraction of sp³-hybridized carbons (Fsp3) is 0.950. The van der Waals surface area contributed by atoms with Crippen molar-refractivity contribution in [3.8, 4) is 0 Å². The molecule has 0 aromatic heterocycles. The van der Waals surface area contributed by atoms with E-state index >= 15 is 0 Å². The number of fused-ring (bicyclic) bond motifs is 3.